The molecule has 2 bridgehead atoms. The lowest BCUT2D eigenvalue weighted by atomic mass is 9.79. The van der Waals surface area contributed by atoms with Crippen LogP contribution in [0.25, 0.3) is 0 Å². The fourth-order valence-electron chi connectivity index (χ4n) is 2.31. The van der Waals surface area contributed by atoms with E-state index in [0.29, 0.717) is 12.8 Å². The summed E-state index contributed by atoms with van der Waals surface area (Å²) in [7, 11) is 0. The van der Waals surface area contributed by atoms with E-state index < -0.39 is 23.8 Å². The minimum atomic E-state index is -1.06. The molecule has 0 aliphatic carbocycles. The Morgan fingerprint density at radius 1 is 0.933 bits per heavy atom. The zero-order chi connectivity index (χ0) is 9.59. The van der Waals surface area contributed by atoms with Gasteiger partial charge in [0.2, 0.25) is 0 Å². The number of hydrogen-bond acceptors (Lipinski definition) is 5. The molecular formula is C8H16N2O5. The Morgan fingerprint density at radius 3 is 1.53 bits per heavy atom. The second-order valence-corrected chi connectivity index (χ2v) is 3.52. The summed E-state index contributed by atoms with van der Waals surface area (Å²) >= 11 is 0. The molecule has 2 heterocycles. The van der Waals surface area contributed by atoms with Gasteiger partial charge in [0, 0.05) is 0 Å². The maximum absolute atomic E-state index is 10.8. The highest BCUT2D eigenvalue weighted by Gasteiger charge is 2.55. The molecule has 2 fully saturated rings. The van der Waals surface area contributed by atoms with Gasteiger partial charge in [-0.05, 0) is 12.8 Å². The van der Waals surface area contributed by atoms with Crippen LogP contribution < -0.4 is 12.3 Å². The highest BCUT2D eigenvalue weighted by Crippen LogP contribution is 2.43. The molecule has 15 heavy (non-hydrogen) atoms. The Labute approximate surface area is 86.6 Å². The first-order valence-electron chi connectivity index (χ1n) is 4.22. The number of hydrogen-bond donors (Lipinski definition) is 4. The maximum atomic E-state index is 10.8. The molecule has 0 unspecified atom stereocenters. The van der Waals surface area contributed by atoms with E-state index >= 15 is 0 Å². The average molecular weight is 220 g/mol. The molecule has 8 N–H and O–H groups in total. The average Bonchev–Trinajstić information content (AvgIpc) is 2.60. The summed E-state index contributed by atoms with van der Waals surface area (Å²) in [6, 6.07) is 0. The van der Waals surface area contributed by atoms with Gasteiger partial charge in [-0.25, -0.2) is 0 Å². The summed E-state index contributed by atoms with van der Waals surface area (Å²) < 4.78 is 5.26. The quantitative estimate of drug-likeness (QED) is 0.520. The molecule has 2 aliphatic heterocycles. The first kappa shape index (κ1) is 13.8. The molecule has 0 spiro atoms. The van der Waals surface area contributed by atoms with Crippen molar-refractivity contribution in [1.29, 1.82) is 0 Å². The van der Waals surface area contributed by atoms with Crippen LogP contribution >= 0.6 is 0 Å². The third kappa shape index (κ3) is 1.94. The molecule has 0 aromatic carbocycles. The largest absolute Gasteiger partial charge is 0.481 e. The molecule has 2 rings (SSSR count). The van der Waals surface area contributed by atoms with E-state index in [9.17, 15) is 9.59 Å². The number of aliphatic carboxylic acids is 2. The Kier molecular flexibility index (Phi) is 4.20. The van der Waals surface area contributed by atoms with Crippen LogP contribution in [0, 0.1) is 11.8 Å². The van der Waals surface area contributed by atoms with Crippen molar-refractivity contribution in [2.24, 2.45) is 11.8 Å². The second-order valence-electron chi connectivity index (χ2n) is 3.52. The lowest BCUT2D eigenvalue weighted by molar-refractivity contribution is -0.154. The van der Waals surface area contributed by atoms with Gasteiger partial charge in [-0.2, -0.15) is 0 Å². The van der Waals surface area contributed by atoms with Crippen LogP contribution in [-0.2, 0) is 14.3 Å². The normalized spacial score (nSPS) is 36.5. The van der Waals surface area contributed by atoms with Gasteiger partial charge in [0.25, 0.3) is 0 Å². The van der Waals surface area contributed by atoms with Gasteiger partial charge in [0.05, 0.1) is 24.0 Å². The highest BCUT2D eigenvalue weighted by molar-refractivity contribution is 5.82. The molecule has 7 nitrogen and oxygen atoms in total. The summed E-state index contributed by atoms with van der Waals surface area (Å²) in [6.07, 6.45) is 0.573. The summed E-state index contributed by atoms with van der Waals surface area (Å²) in [5.41, 5.74) is 0. The van der Waals surface area contributed by atoms with Crippen LogP contribution in [0.5, 0.6) is 0 Å². The topological polar surface area (TPSA) is 154 Å². The van der Waals surface area contributed by atoms with Crippen molar-refractivity contribution in [3.8, 4) is 0 Å². The first-order valence-corrected chi connectivity index (χ1v) is 4.22. The van der Waals surface area contributed by atoms with Crippen molar-refractivity contribution < 1.29 is 24.5 Å². The van der Waals surface area contributed by atoms with Gasteiger partial charge in [-0.15, -0.1) is 0 Å². The van der Waals surface area contributed by atoms with Crippen molar-refractivity contribution in [1.82, 2.24) is 12.3 Å². The second kappa shape index (κ2) is 4.56. The predicted octanol–water partition coefficient (Wildman–Crippen LogP) is 0.273. The van der Waals surface area contributed by atoms with Gasteiger partial charge in [0.15, 0.2) is 0 Å². The monoisotopic (exact) mass is 220 g/mol. The third-order valence-corrected chi connectivity index (χ3v) is 2.84. The number of ether oxygens (including phenoxy) is 1. The smallest absolute Gasteiger partial charge is 0.310 e. The van der Waals surface area contributed by atoms with Gasteiger partial charge in [0.1, 0.15) is 0 Å². The van der Waals surface area contributed by atoms with E-state index in [1.807, 2.05) is 0 Å². The molecule has 4 atom stereocenters. The van der Waals surface area contributed by atoms with Gasteiger partial charge in [-0.3, -0.25) is 9.59 Å². The fraction of sp³-hybridized carbons (Fsp3) is 0.750. The lowest BCUT2D eigenvalue weighted by Crippen LogP contribution is -2.38. The number of carbonyl (C=O) groups is 2. The van der Waals surface area contributed by atoms with Crippen molar-refractivity contribution >= 4 is 11.9 Å². The van der Waals surface area contributed by atoms with E-state index in [4.69, 9.17) is 14.9 Å². The van der Waals surface area contributed by atoms with Crippen LogP contribution in [0.3, 0.4) is 0 Å². The van der Waals surface area contributed by atoms with Crippen LogP contribution in [0.2, 0.25) is 0 Å². The summed E-state index contributed by atoms with van der Waals surface area (Å²) in [5, 5.41) is 17.6. The van der Waals surface area contributed by atoms with E-state index in [2.05, 4.69) is 0 Å². The van der Waals surface area contributed by atoms with Crippen LogP contribution in [0.4, 0.5) is 0 Å². The van der Waals surface area contributed by atoms with Crippen molar-refractivity contribution in [3.63, 3.8) is 0 Å². The van der Waals surface area contributed by atoms with Gasteiger partial charge < -0.3 is 27.3 Å². The Bertz CT molecular complexity index is 244. The fourth-order valence-corrected chi connectivity index (χ4v) is 2.31. The standard InChI is InChI=1S/C8H10O5.2H3N/c9-7(10)5-3-1-2-4(13-3)6(5)8(11)12;;/h3-6H,1-2H2,(H,9,10)(H,11,12);2*1H3/t3-,4+,5-,6+;;. The zero-order valence-corrected chi connectivity index (χ0v) is 8.26. The highest BCUT2D eigenvalue weighted by atomic mass is 16.5. The maximum Gasteiger partial charge on any atom is 0.310 e. The SMILES string of the molecule is N.N.O=C(O)[C@@H]1[C@H](C(=O)O)[C@H]2CC[C@@H]1O2. The van der Waals surface area contributed by atoms with Crippen LogP contribution in [0.15, 0.2) is 0 Å². The molecule has 2 saturated heterocycles. The molecule has 0 amide bonds. The molecular weight excluding hydrogens is 204 g/mol. The predicted molar refractivity (Wildman–Crippen MR) is 50.2 cm³/mol. The Hall–Kier alpha value is -1.18. The first-order chi connectivity index (χ1) is 6.11. The number of fused-ring (bicyclic) bond motifs is 2. The lowest BCUT2D eigenvalue weighted by Gasteiger charge is -2.20. The van der Waals surface area contributed by atoms with E-state index in [1.165, 1.54) is 0 Å². The summed E-state index contributed by atoms with van der Waals surface area (Å²) in [6.45, 7) is 0. The minimum Gasteiger partial charge on any atom is -0.481 e. The zero-order valence-electron chi connectivity index (χ0n) is 8.26. The van der Waals surface area contributed by atoms with E-state index in [-0.39, 0.29) is 24.5 Å². The van der Waals surface area contributed by atoms with Crippen molar-refractivity contribution in [3.05, 3.63) is 0 Å². The molecule has 7 heteroatoms. The minimum absolute atomic E-state index is 0. The Morgan fingerprint density at radius 2 is 1.27 bits per heavy atom. The summed E-state index contributed by atoms with van der Waals surface area (Å²) in [4.78, 5) is 21.5. The van der Waals surface area contributed by atoms with Crippen molar-refractivity contribution in [2.75, 3.05) is 0 Å². The van der Waals surface area contributed by atoms with Crippen molar-refractivity contribution in [2.45, 2.75) is 25.0 Å². The third-order valence-electron chi connectivity index (χ3n) is 2.84. The molecule has 88 valence electrons. The number of rotatable bonds is 2. The number of carboxylic acids is 2. The van der Waals surface area contributed by atoms with Crippen LogP contribution in [0.1, 0.15) is 12.8 Å². The molecule has 2 aliphatic rings. The number of carboxylic acid groups (broad SMARTS) is 2. The molecule has 0 aromatic rings. The van der Waals surface area contributed by atoms with E-state index in [1.54, 1.807) is 0 Å². The van der Waals surface area contributed by atoms with Crippen LogP contribution in [-0.4, -0.2) is 34.4 Å². The molecule has 0 aromatic heterocycles. The van der Waals surface area contributed by atoms with Gasteiger partial charge in [-0.1, -0.05) is 0 Å². The Balaban J connectivity index is 0.000000980. The molecule has 0 radical (unpaired) electrons. The summed E-state index contributed by atoms with van der Waals surface area (Å²) in [5.74, 6) is -3.81. The molecule has 0 saturated carbocycles. The van der Waals surface area contributed by atoms with E-state index in [0.717, 1.165) is 0 Å². The van der Waals surface area contributed by atoms with Gasteiger partial charge >= 0.3 is 11.9 Å².